The third kappa shape index (κ3) is 3.01. The summed E-state index contributed by atoms with van der Waals surface area (Å²) in [5.74, 6) is -0.225. The van der Waals surface area contributed by atoms with Crippen molar-refractivity contribution in [3.05, 3.63) is 0 Å². The number of urea groups is 1. The van der Waals surface area contributed by atoms with Crippen LogP contribution in [0.3, 0.4) is 0 Å². The number of hydrogen-bond donors (Lipinski definition) is 2. The van der Waals surface area contributed by atoms with E-state index in [0.717, 1.165) is 19.4 Å². The minimum absolute atomic E-state index is 0.0917. The van der Waals surface area contributed by atoms with Gasteiger partial charge in [0.1, 0.15) is 0 Å². The molecule has 1 saturated carbocycles. The lowest BCUT2D eigenvalue weighted by atomic mass is 9.92. The van der Waals surface area contributed by atoms with Crippen LogP contribution in [-0.2, 0) is 4.79 Å². The van der Waals surface area contributed by atoms with Crippen LogP contribution in [0, 0.1) is 11.3 Å². The maximum Gasteiger partial charge on any atom is 0.317 e. The Hall–Kier alpha value is -1.26. The molecule has 5 nitrogen and oxygen atoms in total. The molecule has 2 amide bonds. The van der Waals surface area contributed by atoms with Gasteiger partial charge in [-0.3, -0.25) is 4.79 Å². The van der Waals surface area contributed by atoms with Gasteiger partial charge in [0.2, 0.25) is 0 Å². The molecule has 0 aromatic heterocycles. The zero-order valence-electron chi connectivity index (χ0n) is 11.8. The van der Waals surface area contributed by atoms with Crippen molar-refractivity contribution >= 4 is 12.0 Å². The second-order valence-corrected chi connectivity index (χ2v) is 6.44. The second kappa shape index (κ2) is 5.39. The molecule has 1 aliphatic carbocycles. The van der Waals surface area contributed by atoms with Crippen LogP contribution in [0.4, 0.5) is 4.79 Å². The molecule has 0 radical (unpaired) electrons. The van der Waals surface area contributed by atoms with E-state index in [-0.39, 0.29) is 12.6 Å². The molecule has 2 N–H and O–H groups in total. The first kappa shape index (κ1) is 14.2. The summed E-state index contributed by atoms with van der Waals surface area (Å²) in [7, 11) is 0. The Morgan fingerprint density at radius 1 is 1.26 bits per heavy atom. The third-order valence-electron chi connectivity index (χ3n) is 4.51. The zero-order chi connectivity index (χ0) is 14.0. The van der Waals surface area contributed by atoms with Crippen molar-refractivity contribution < 1.29 is 14.7 Å². The number of carbonyl (C=O) groups is 2. The third-order valence-corrected chi connectivity index (χ3v) is 4.51. The van der Waals surface area contributed by atoms with Crippen LogP contribution in [0.25, 0.3) is 0 Å². The summed E-state index contributed by atoms with van der Waals surface area (Å²) in [4.78, 5) is 25.2. The van der Waals surface area contributed by atoms with Crippen LogP contribution in [0.15, 0.2) is 0 Å². The normalized spacial score (nSPS) is 26.9. The van der Waals surface area contributed by atoms with Gasteiger partial charge in [-0.1, -0.05) is 6.42 Å². The Labute approximate surface area is 114 Å². The van der Waals surface area contributed by atoms with Gasteiger partial charge >= 0.3 is 12.0 Å². The standard InChI is InChI=1S/C14H24N2O3/c1-14(2,12(17)18)9-15-13(19)16-8-4-6-10-5-3-7-11(10)16/h10-11H,3-9H2,1-2H3,(H,15,19)(H,17,18). The largest absolute Gasteiger partial charge is 0.481 e. The van der Waals surface area contributed by atoms with Crippen LogP contribution >= 0.6 is 0 Å². The number of carboxylic acids is 1. The molecular formula is C14H24N2O3. The highest BCUT2D eigenvalue weighted by Crippen LogP contribution is 2.36. The molecule has 0 aromatic rings. The maximum absolute atomic E-state index is 12.2. The Morgan fingerprint density at radius 2 is 1.95 bits per heavy atom. The number of fused-ring (bicyclic) bond motifs is 1. The monoisotopic (exact) mass is 268 g/mol. The maximum atomic E-state index is 12.2. The molecule has 108 valence electrons. The quantitative estimate of drug-likeness (QED) is 0.823. The van der Waals surface area contributed by atoms with Crippen molar-refractivity contribution in [3.63, 3.8) is 0 Å². The van der Waals surface area contributed by atoms with E-state index >= 15 is 0 Å². The number of nitrogens with one attached hydrogen (secondary N) is 1. The van der Waals surface area contributed by atoms with Gasteiger partial charge in [0.05, 0.1) is 5.41 Å². The van der Waals surface area contributed by atoms with Gasteiger partial charge in [0, 0.05) is 19.1 Å². The van der Waals surface area contributed by atoms with Crippen molar-refractivity contribution in [2.75, 3.05) is 13.1 Å². The van der Waals surface area contributed by atoms with Gasteiger partial charge in [-0.2, -0.15) is 0 Å². The highest BCUT2D eigenvalue weighted by molar-refractivity contribution is 5.78. The SMILES string of the molecule is CC(C)(CNC(=O)N1CCCC2CCCC21)C(=O)O. The second-order valence-electron chi connectivity index (χ2n) is 6.44. The zero-order valence-corrected chi connectivity index (χ0v) is 11.8. The Morgan fingerprint density at radius 3 is 2.63 bits per heavy atom. The molecule has 0 spiro atoms. The molecule has 2 unspecified atom stereocenters. The Balaban J connectivity index is 1.91. The molecule has 0 bridgehead atoms. The van der Waals surface area contributed by atoms with Crippen molar-refractivity contribution in [1.29, 1.82) is 0 Å². The number of amides is 2. The molecule has 1 aliphatic heterocycles. The van der Waals surface area contributed by atoms with Crippen LogP contribution in [0.5, 0.6) is 0 Å². The van der Waals surface area contributed by atoms with Crippen LogP contribution < -0.4 is 5.32 Å². The molecule has 19 heavy (non-hydrogen) atoms. The van der Waals surface area contributed by atoms with Crippen molar-refractivity contribution in [3.8, 4) is 0 Å². The van der Waals surface area contributed by atoms with E-state index in [2.05, 4.69) is 5.32 Å². The summed E-state index contributed by atoms with van der Waals surface area (Å²) in [6, 6.07) is 0.285. The summed E-state index contributed by atoms with van der Waals surface area (Å²) in [6.45, 7) is 4.24. The number of carboxylic acid groups (broad SMARTS) is 1. The van der Waals surface area contributed by atoms with Gasteiger partial charge in [-0.05, 0) is 45.4 Å². The molecule has 2 rings (SSSR count). The molecule has 5 heteroatoms. The van der Waals surface area contributed by atoms with Crippen molar-refractivity contribution in [1.82, 2.24) is 10.2 Å². The Bertz CT molecular complexity index is 368. The highest BCUT2D eigenvalue weighted by Gasteiger charge is 2.38. The average Bonchev–Trinajstić information content (AvgIpc) is 2.83. The molecule has 1 saturated heterocycles. The number of hydrogen-bond acceptors (Lipinski definition) is 2. The summed E-state index contributed by atoms with van der Waals surface area (Å²) < 4.78 is 0. The van der Waals surface area contributed by atoms with Crippen molar-refractivity contribution in [2.24, 2.45) is 11.3 Å². The molecule has 0 aromatic carbocycles. The topological polar surface area (TPSA) is 69.6 Å². The van der Waals surface area contributed by atoms with E-state index in [1.165, 1.54) is 19.3 Å². The first-order valence-electron chi connectivity index (χ1n) is 7.20. The van der Waals surface area contributed by atoms with Gasteiger partial charge in [-0.15, -0.1) is 0 Å². The molecule has 2 atom stereocenters. The highest BCUT2D eigenvalue weighted by atomic mass is 16.4. The lowest BCUT2D eigenvalue weighted by Crippen LogP contribution is -2.52. The number of nitrogens with zero attached hydrogens (tertiary/aromatic N) is 1. The first-order valence-corrected chi connectivity index (χ1v) is 7.20. The predicted molar refractivity (Wildman–Crippen MR) is 71.9 cm³/mol. The van der Waals surface area contributed by atoms with Gasteiger partial charge in [-0.25, -0.2) is 4.79 Å². The number of aliphatic carboxylic acids is 1. The molecule has 1 heterocycles. The van der Waals surface area contributed by atoms with E-state index in [1.54, 1.807) is 13.8 Å². The van der Waals surface area contributed by atoms with Crippen molar-refractivity contribution in [2.45, 2.75) is 52.0 Å². The first-order chi connectivity index (χ1) is 8.92. The Kier molecular flexibility index (Phi) is 4.02. The number of piperidine rings is 1. The average molecular weight is 268 g/mol. The summed E-state index contributed by atoms with van der Waals surface area (Å²) in [6.07, 6.45) is 5.83. The predicted octanol–water partition coefficient (Wildman–Crippen LogP) is 2.07. The fourth-order valence-electron chi connectivity index (χ4n) is 3.18. The van der Waals surface area contributed by atoms with Gasteiger partial charge in [0.15, 0.2) is 0 Å². The lowest BCUT2D eigenvalue weighted by Gasteiger charge is -2.38. The minimum atomic E-state index is -0.916. The summed E-state index contributed by atoms with van der Waals surface area (Å²) >= 11 is 0. The van der Waals surface area contributed by atoms with E-state index in [0.29, 0.717) is 12.0 Å². The van der Waals surface area contributed by atoms with Crippen LogP contribution in [-0.4, -0.2) is 41.1 Å². The number of likely N-dealkylation sites (tertiary alicyclic amines) is 1. The lowest BCUT2D eigenvalue weighted by molar-refractivity contribution is -0.146. The van der Waals surface area contributed by atoms with Crippen LogP contribution in [0.1, 0.15) is 46.0 Å². The molecule has 2 fully saturated rings. The number of rotatable bonds is 3. The molecular weight excluding hydrogens is 244 g/mol. The van der Waals surface area contributed by atoms with E-state index in [9.17, 15) is 9.59 Å². The van der Waals surface area contributed by atoms with E-state index in [1.807, 2.05) is 4.90 Å². The fraction of sp³-hybridized carbons (Fsp3) is 0.857. The summed E-state index contributed by atoms with van der Waals surface area (Å²) in [5.41, 5.74) is -0.916. The van der Waals surface area contributed by atoms with E-state index < -0.39 is 11.4 Å². The number of carbonyl (C=O) groups excluding carboxylic acids is 1. The van der Waals surface area contributed by atoms with Gasteiger partial charge in [0.25, 0.3) is 0 Å². The summed E-state index contributed by atoms with van der Waals surface area (Å²) in [5, 5.41) is 11.8. The fourth-order valence-corrected chi connectivity index (χ4v) is 3.18. The van der Waals surface area contributed by atoms with Gasteiger partial charge < -0.3 is 15.3 Å². The smallest absolute Gasteiger partial charge is 0.317 e. The van der Waals surface area contributed by atoms with Crippen LogP contribution in [0.2, 0.25) is 0 Å². The molecule has 2 aliphatic rings. The minimum Gasteiger partial charge on any atom is -0.481 e. The van der Waals surface area contributed by atoms with E-state index in [4.69, 9.17) is 5.11 Å².